The average molecular weight is 271 g/mol. The SMILES string of the molecule is CCC(CO)(CO)NCC1CCC2(CCCCC2)O1. The molecule has 0 aromatic heterocycles. The van der Waals surface area contributed by atoms with Gasteiger partial charge in [-0.3, -0.25) is 0 Å². The smallest absolute Gasteiger partial charge is 0.0708 e. The van der Waals surface area contributed by atoms with E-state index in [0.29, 0.717) is 0 Å². The molecule has 1 aliphatic heterocycles. The van der Waals surface area contributed by atoms with Crippen LogP contribution in [-0.2, 0) is 4.74 Å². The third kappa shape index (κ3) is 3.48. The van der Waals surface area contributed by atoms with Crippen molar-refractivity contribution >= 4 is 0 Å². The summed E-state index contributed by atoms with van der Waals surface area (Å²) in [4.78, 5) is 0. The number of aliphatic hydroxyl groups excluding tert-OH is 2. The Labute approximate surface area is 116 Å². The molecule has 3 N–H and O–H groups in total. The van der Waals surface area contributed by atoms with Gasteiger partial charge in [0.25, 0.3) is 0 Å². The Morgan fingerprint density at radius 2 is 1.84 bits per heavy atom. The highest BCUT2D eigenvalue weighted by Crippen LogP contribution is 2.41. The predicted molar refractivity (Wildman–Crippen MR) is 75.1 cm³/mol. The minimum Gasteiger partial charge on any atom is -0.394 e. The quantitative estimate of drug-likeness (QED) is 0.686. The van der Waals surface area contributed by atoms with Gasteiger partial charge in [0.15, 0.2) is 0 Å². The molecular formula is C15H29NO3. The number of hydrogen-bond acceptors (Lipinski definition) is 4. The maximum Gasteiger partial charge on any atom is 0.0708 e. The maximum atomic E-state index is 9.43. The Kier molecular flexibility index (Phi) is 5.23. The van der Waals surface area contributed by atoms with Gasteiger partial charge in [0, 0.05) is 6.54 Å². The third-order valence-electron chi connectivity index (χ3n) is 5.09. The van der Waals surface area contributed by atoms with Gasteiger partial charge in [-0.25, -0.2) is 0 Å². The molecule has 2 fully saturated rings. The van der Waals surface area contributed by atoms with Crippen LogP contribution in [-0.4, -0.2) is 47.2 Å². The normalized spacial score (nSPS) is 27.0. The fourth-order valence-electron chi connectivity index (χ4n) is 3.44. The average Bonchev–Trinajstić information content (AvgIpc) is 2.85. The number of hydrogen-bond donors (Lipinski definition) is 3. The van der Waals surface area contributed by atoms with E-state index in [-0.39, 0.29) is 24.9 Å². The van der Waals surface area contributed by atoms with Crippen LogP contribution in [0.2, 0.25) is 0 Å². The third-order valence-corrected chi connectivity index (χ3v) is 5.09. The molecule has 1 saturated heterocycles. The molecule has 19 heavy (non-hydrogen) atoms. The van der Waals surface area contributed by atoms with E-state index in [1.807, 2.05) is 6.92 Å². The summed E-state index contributed by atoms with van der Waals surface area (Å²) in [5, 5.41) is 22.2. The summed E-state index contributed by atoms with van der Waals surface area (Å²) < 4.78 is 6.29. The molecule has 4 heteroatoms. The molecular weight excluding hydrogens is 242 g/mol. The van der Waals surface area contributed by atoms with E-state index >= 15 is 0 Å². The first-order chi connectivity index (χ1) is 9.17. The van der Waals surface area contributed by atoms with Gasteiger partial charge in [-0.05, 0) is 32.1 Å². The first-order valence-electron chi connectivity index (χ1n) is 7.82. The largest absolute Gasteiger partial charge is 0.394 e. The molecule has 0 amide bonds. The molecule has 1 saturated carbocycles. The van der Waals surface area contributed by atoms with Crippen LogP contribution in [0.4, 0.5) is 0 Å². The zero-order valence-corrected chi connectivity index (χ0v) is 12.2. The van der Waals surface area contributed by atoms with Gasteiger partial charge >= 0.3 is 0 Å². The Balaban J connectivity index is 1.81. The van der Waals surface area contributed by atoms with E-state index in [1.54, 1.807) is 0 Å². The molecule has 0 aromatic rings. The highest BCUT2D eigenvalue weighted by atomic mass is 16.5. The van der Waals surface area contributed by atoms with Crippen molar-refractivity contribution in [3.05, 3.63) is 0 Å². The van der Waals surface area contributed by atoms with E-state index in [0.717, 1.165) is 19.4 Å². The first-order valence-corrected chi connectivity index (χ1v) is 7.82. The number of nitrogens with one attached hydrogen (secondary N) is 1. The topological polar surface area (TPSA) is 61.7 Å². The van der Waals surface area contributed by atoms with Crippen molar-refractivity contribution in [3.63, 3.8) is 0 Å². The van der Waals surface area contributed by atoms with E-state index in [9.17, 15) is 10.2 Å². The molecule has 1 atom stereocenters. The molecule has 0 bridgehead atoms. The number of aliphatic hydroxyl groups is 2. The van der Waals surface area contributed by atoms with Gasteiger partial charge < -0.3 is 20.3 Å². The van der Waals surface area contributed by atoms with Crippen LogP contribution in [0.5, 0.6) is 0 Å². The molecule has 2 rings (SSSR count). The lowest BCUT2D eigenvalue weighted by atomic mass is 9.83. The Hall–Kier alpha value is -0.160. The fraction of sp³-hybridized carbons (Fsp3) is 1.00. The molecule has 0 radical (unpaired) electrons. The summed E-state index contributed by atoms with van der Waals surface area (Å²) in [5.74, 6) is 0. The van der Waals surface area contributed by atoms with Gasteiger partial charge in [-0.15, -0.1) is 0 Å². The summed E-state index contributed by atoms with van der Waals surface area (Å²) in [5.41, 5.74) is -0.399. The highest BCUT2D eigenvalue weighted by molar-refractivity contribution is 4.93. The molecule has 2 aliphatic rings. The van der Waals surface area contributed by atoms with Gasteiger partial charge in [0.1, 0.15) is 0 Å². The fourth-order valence-corrected chi connectivity index (χ4v) is 3.44. The highest BCUT2D eigenvalue weighted by Gasteiger charge is 2.41. The number of rotatable bonds is 6. The van der Waals surface area contributed by atoms with Gasteiger partial charge in [0.05, 0.1) is 30.5 Å². The van der Waals surface area contributed by atoms with Crippen molar-refractivity contribution in [2.24, 2.45) is 0 Å². The minimum atomic E-state index is -0.550. The molecule has 4 nitrogen and oxygen atoms in total. The van der Waals surface area contributed by atoms with E-state index < -0.39 is 5.54 Å². The summed E-state index contributed by atoms with van der Waals surface area (Å²) in [7, 11) is 0. The standard InChI is InChI=1S/C15H29NO3/c1-2-14(11-17,12-18)16-10-13-6-9-15(19-13)7-4-3-5-8-15/h13,16-18H,2-12H2,1H3. The molecule has 1 spiro atoms. The van der Waals surface area contributed by atoms with Crippen LogP contribution in [0.1, 0.15) is 58.3 Å². The van der Waals surface area contributed by atoms with Gasteiger partial charge in [0.2, 0.25) is 0 Å². The van der Waals surface area contributed by atoms with Gasteiger partial charge in [-0.2, -0.15) is 0 Å². The Bertz CT molecular complexity index is 264. The zero-order valence-electron chi connectivity index (χ0n) is 12.2. The predicted octanol–water partition coefficient (Wildman–Crippen LogP) is 1.59. The first kappa shape index (κ1) is 15.2. The van der Waals surface area contributed by atoms with Gasteiger partial charge in [-0.1, -0.05) is 26.2 Å². The van der Waals surface area contributed by atoms with E-state index in [2.05, 4.69) is 5.32 Å². The van der Waals surface area contributed by atoms with Crippen LogP contribution in [0.3, 0.4) is 0 Å². The Morgan fingerprint density at radius 1 is 1.16 bits per heavy atom. The second-order valence-corrected chi connectivity index (χ2v) is 6.35. The molecule has 1 unspecified atom stereocenters. The van der Waals surface area contributed by atoms with Crippen molar-refractivity contribution in [1.29, 1.82) is 0 Å². The van der Waals surface area contributed by atoms with Crippen LogP contribution >= 0.6 is 0 Å². The maximum absolute atomic E-state index is 9.43. The summed E-state index contributed by atoms with van der Waals surface area (Å²) >= 11 is 0. The van der Waals surface area contributed by atoms with E-state index in [1.165, 1.54) is 38.5 Å². The minimum absolute atomic E-state index is 0.0299. The van der Waals surface area contributed by atoms with Crippen LogP contribution in [0.25, 0.3) is 0 Å². The van der Waals surface area contributed by atoms with Crippen molar-refractivity contribution in [1.82, 2.24) is 5.32 Å². The summed E-state index contributed by atoms with van der Waals surface area (Å²) in [6.07, 6.45) is 9.60. The molecule has 1 aliphatic carbocycles. The van der Waals surface area contributed by atoms with Crippen LogP contribution in [0, 0.1) is 0 Å². The lowest BCUT2D eigenvalue weighted by Gasteiger charge is -2.35. The zero-order chi connectivity index (χ0) is 13.8. The van der Waals surface area contributed by atoms with Crippen molar-refractivity contribution in [2.75, 3.05) is 19.8 Å². The number of ether oxygens (including phenoxy) is 1. The van der Waals surface area contributed by atoms with Crippen molar-refractivity contribution < 1.29 is 14.9 Å². The monoisotopic (exact) mass is 271 g/mol. The second-order valence-electron chi connectivity index (χ2n) is 6.35. The van der Waals surface area contributed by atoms with Crippen molar-refractivity contribution in [3.8, 4) is 0 Å². The van der Waals surface area contributed by atoms with Crippen LogP contribution in [0.15, 0.2) is 0 Å². The Morgan fingerprint density at radius 3 is 2.42 bits per heavy atom. The molecule has 1 heterocycles. The summed E-state index contributed by atoms with van der Waals surface area (Å²) in [6.45, 7) is 2.66. The van der Waals surface area contributed by atoms with Crippen molar-refractivity contribution in [2.45, 2.75) is 75.5 Å². The van der Waals surface area contributed by atoms with E-state index in [4.69, 9.17) is 4.74 Å². The summed E-state index contributed by atoms with van der Waals surface area (Å²) in [6, 6.07) is 0. The molecule has 112 valence electrons. The lowest BCUT2D eigenvalue weighted by Crippen LogP contribution is -2.53. The second kappa shape index (κ2) is 6.53. The molecule has 0 aromatic carbocycles. The lowest BCUT2D eigenvalue weighted by molar-refractivity contribution is -0.0660. The van der Waals surface area contributed by atoms with Crippen LogP contribution < -0.4 is 5.32 Å².